The number of halogens is 2. The zero-order valence-electron chi connectivity index (χ0n) is 18.6. The van der Waals surface area contributed by atoms with Crippen molar-refractivity contribution in [2.75, 3.05) is 13.7 Å². The summed E-state index contributed by atoms with van der Waals surface area (Å²) < 4.78 is 10.5. The minimum atomic E-state index is -0.374. The van der Waals surface area contributed by atoms with Gasteiger partial charge in [-0.2, -0.15) is 0 Å². The molecule has 0 radical (unpaired) electrons. The Bertz CT molecular complexity index is 1220. The monoisotopic (exact) mass is 515 g/mol. The Morgan fingerprint density at radius 2 is 1.91 bits per heavy atom. The van der Waals surface area contributed by atoms with Gasteiger partial charge in [-0.3, -0.25) is 5.01 Å². The number of thioether (sulfide) groups is 1. The molecule has 0 aliphatic carbocycles. The number of nitrogens with zero attached hydrogens (tertiary/aromatic N) is 2. The van der Waals surface area contributed by atoms with Crippen molar-refractivity contribution in [3.05, 3.63) is 93.5 Å². The quantitative estimate of drug-likeness (QED) is 0.356. The molecule has 0 aromatic heterocycles. The van der Waals surface area contributed by atoms with Gasteiger partial charge >= 0.3 is 5.97 Å². The first-order valence-corrected chi connectivity index (χ1v) is 12.2. The SMILES string of the molecule is CCOc1cccc(C2NN(Cc3cccc(C(=O)OC)c3)C(=Nc3ccc(Cl)c(Cl)c3)S2)c1. The van der Waals surface area contributed by atoms with Crippen molar-refractivity contribution in [2.45, 2.75) is 18.8 Å². The lowest BCUT2D eigenvalue weighted by Crippen LogP contribution is -2.34. The van der Waals surface area contributed by atoms with Crippen LogP contribution in [0, 0.1) is 0 Å². The normalized spacial score (nSPS) is 16.6. The summed E-state index contributed by atoms with van der Waals surface area (Å²) in [5.41, 5.74) is 6.70. The number of ether oxygens (including phenoxy) is 2. The molecule has 1 N–H and O–H groups in total. The molecule has 4 rings (SSSR count). The Labute approximate surface area is 212 Å². The van der Waals surface area contributed by atoms with Gasteiger partial charge in [-0.25, -0.2) is 15.2 Å². The molecule has 1 unspecified atom stereocenters. The van der Waals surface area contributed by atoms with Crippen LogP contribution in [0.3, 0.4) is 0 Å². The van der Waals surface area contributed by atoms with Gasteiger partial charge in [0.1, 0.15) is 11.1 Å². The van der Waals surface area contributed by atoms with Crippen molar-refractivity contribution in [2.24, 2.45) is 4.99 Å². The summed E-state index contributed by atoms with van der Waals surface area (Å²) in [6.45, 7) is 3.04. The summed E-state index contributed by atoms with van der Waals surface area (Å²) in [4.78, 5) is 16.8. The van der Waals surface area contributed by atoms with Gasteiger partial charge in [0.15, 0.2) is 5.17 Å². The zero-order valence-corrected chi connectivity index (χ0v) is 21.0. The number of amidine groups is 1. The number of benzene rings is 3. The Morgan fingerprint density at radius 3 is 2.68 bits per heavy atom. The maximum absolute atomic E-state index is 12.0. The second kappa shape index (κ2) is 11.1. The van der Waals surface area contributed by atoms with Crippen LogP contribution in [0.5, 0.6) is 5.75 Å². The molecule has 0 bridgehead atoms. The van der Waals surface area contributed by atoms with Crippen molar-refractivity contribution in [3.8, 4) is 5.75 Å². The molecular weight excluding hydrogens is 493 g/mol. The Hall–Kier alpha value is -2.71. The third-order valence-electron chi connectivity index (χ3n) is 5.02. The average molecular weight is 516 g/mol. The highest BCUT2D eigenvalue weighted by Gasteiger charge is 2.30. The van der Waals surface area contributed by atoms with E-state index < -0.39 is 0 Å². The van der Waals surface area contributed by atoms with Crippen LogP contribution in [-0.2, 0) is 11.3 Å². The summed E-state index contributed by atoms with van der Waals surface area (Å²) in [5, 5.41) is 3.56. The number of esters is 1. The molecular formula is C25H23Cl2N3O3S. The Balaban J connectivity index is 1.65. The number of methoxy groups -OCH3 is 1. The van der Waals surface area contributed by atoms with Crippen LogP contribution in [0.2, 0.25) is 10.0 Å². The van der Waals surface area contributed by atoms with Gasteiger partial charge in [0.25, 0.3) is 0 Å². The lowest BCUT2D eigenvalue weighted by Gasteiger charge is -2.20. The predicted molar refractivity (Wildman–Crippen MR) is 138 cm³/mol. The average Bonchev–Trinajstić information content (AvgIpc) is 3.23. The fourth-order valence-electron chi connectivity index (χ4n) is 3.43. The summed E-state index contributed by atoms with van der Waals surface area (Å²) in [6, 6.07) is 20.6. The molecule has 34 heavy (non-hydrogen) atoms. The minimum absolute atomic E-state index is 0.0780. The number of carbonyl (C=O) groups excluding carboxylic acids is 1. The van der Waals surface area contributed by atoms with E-state index in [9.17, 15) is 4.79 Å². The lowest BCUT2D eigenvalue weighted by atomic mass is 10.1. The standard InChI is InChI=1S/C25H23Cl2N3O3S/c1-3-33-20-9-5-7-17(13-20)23-29-30(15-16-6-4-8-18(12-16)24(31)32-2)25(34-23)28-19-10-11-21(26)22(27)14-19/h4-14,23,29H,3,15H2,1-2H3. The third-order valence-corrected chi connectivity index (χ3v) is 6.89. The van der Waals surface area contributed by atoms with Crippen LogP contribution in [-0.4, -0.2) is 29.9 Å². The van der Waals surface area contributed by atoms with E-state index in [-0.39, 0.29) is 11.3 Å². The van der Waals surface area contributed by atoms with E-state index in [4.69, 9.17) is 37.7 Å². The number of hydrazine groups is 1. The second-order valence-corrected chi connectivity index (χ2v) is 9.29. The Kier molecular flexibility index (Phi) is 8.00. The molecule has 0 spiro atoms. The van der Waals surface area contributed by atoms with E-state index in [1.807, 2.05) is 60.5 Å². The molecule has 1 saturated heterocycles. The molecule has 1 atom stereocenters. The molecule has 176 valence electrons. The van der Waals surface area contributed by atoms with E-state index in [1.54, 1.807) is 30.0 Å². The maximum atomic E-state index is 12.0. The van der Waals surface area contributed by atoms with Gasteiger partial charge in [-0.15, -0.1) is 0 Å². The smallest absolute Gasteiger partial charge is 0.337 e. The van der Waals surface area contributed by atoms with Crippen LogP contribution < -0.4 is 10.2 Å². The van der Waals surface area contributed by atoms with E-state index in [0.29, 0.717) is 34.4 Å². The molecule has 3 aromatic carbocycles. The van der Waals surface area contributed by atoms with Crippen LogP contribution in [0.1, 0.15) is 33.8 Å². The first kappa shape index (κ1) is 24.4. The molecule has 1 aliphatic rings. The van der Waals surface area contributed by atoms with Crippen molar-refractivity contribution < 1.29 is 14.3 Å². The minimum Gasteiger partial charge on any atom is -0.494 e. The van der Waals surface area contributed by atoms with Gasteiger partial charge in [0.2, 0.25) is 0 Å². The van der Waals surface area contributed by atoms with Gasteiger partial charge in [-0.1, -0.05) is 59.2 Å². The van der Waals surface area contributed by atoms with E-state index in [1.165, 1.54) is 7.11 Å². The maximum Gasteiger partial charge on any atom is 0.337 e. The number of hydrogen-bond acceptors (Lipinski definition) is 6. The molecule has 0 amide bonds. The number of nitrogens with one attached hydrogen (secondary N) is 1. The Morgan fingerprint density at radius 1 is 1.09 bits per heavy atom. The van der Waals surface area contributed by atoms with Crippen molar-refractivity contribution in [1.29, 1.82) is 0 Å². The van der Waals surface area contributed by atoms with Crippen molar-refractivity contribution in [3.63, 3.8) is 0 Å². The van der Waals surface area contributed by atoms with Gasteiger partial charge in [0.05, 0.1) is 41.6 Å². The lowest BCUT2D eigenvalue weighted by molar-refractivity contribution is 0.0600. The fraction of sp³-hybridized carbons (Fsp3) is 0.200. The number of rotatable bonds is 7. The molecule has 1 heterocycles. The highest BCUT2D eigenvalue weighted by atomic mass is 35.5. The van der Waals surface area contributed by atoms with Gasteiger partial charge in [-0.05, 0) is 60.5 Å². The van der Waals surface area contributed by atoms with Gasteiger partial charge < -0.3 is 9.47 Å². The first-order valence-electron chi connectivity index (χ1n) is 10.6. The summed E-state index contributed by atoms with van der Waals surface area (Å²) in [5.74, 6) is 0.440. The second-order valence-electron chi connectivity index (χ2n) is 7.40. The highest BCUT2D eigenvalue weighted by Crippen LogP contribution is 2.38. The molecule has 6 nitrogen and oxygen atoms in total. The van der Waals surface area contributed by atoms with E-state index in [2.05, 4.69) is 5.43 Å². The van der Waals surface area contributed by atoms with Crippen LogP contribution in [0.4, 0.5) is 5.69 Å². The van der Waals surface area contributed by atoms with Crippen molar-refractivity contribution >= 4 is 51.8 Å². The van der Waals surface area contributed by atoms with Crippen LogP contribution in [0.25, 0.3) is 0 Å². The molecule has 1 aliphatic heterocycles. The zero-order chi connectivity index (χ0) is 24.1. The van der Waals surface area contributed by atoms with Crippen LogP contribution >= 0.6 is 35.0 Å². The van der Waals surface area contributed by atoms with Crippen LogP contribution in [0.15, 0.2) is 71.7 Å². The topological polar surface area (TPSA) is 63.2 Å². The van der Waals surface area contributed by atoms with E-state index >= 15 is 0 Å². The fourth-order valence-corrected chi connectivity index (χ4v) is 4.80. The van der Waals surface area contributed by atoms with Crippen molar-refractivity contribution in [1.82, 2.24) is 10.4 Å². The molecule has 1 fully saturated rings. The largest absolute Gasteiger partial charge is 0.494 e. The highest BCUT2D eigenvalue weighted by molar-refractivity contribution is 8.14. The summed E-state index contributed by atoms with van der Waals surface area (Å²) in [6.07, 6.45) is 0. The molecule has 3 aromatic rings. The first-order chi connectivity index (χ1) is 16.5. The van der Waals surface area contributed by atoms with E-state index in [0.717, 1.165) is 22.0 Å². The van der Waals surface area contributed by atoms with Gasteiger partial charge in [0, 0.05) is 0 Å². The predicted octanol–water partition coefficient (Wildman–Crippen LogP) is 6.62. The number of carbonyl (C=O) groups is 1. The summed E-state index contributed by atoms with van der Waals surface area (Å²) >= 11 is 13.9. The molecule has 0 saturated carbocycles. The number of aliphatic imine (C=N–C) groups is 1. The number of hydrogen-bond donors (Lipinski definition) is 1. The third kappa shape index (κ3) is 5.85. The summed E-state index contributed by atoms with van der Waals surface area (Å²) in [7, 11) is 1.37. The molecule has 9 heteroatoms.